The van der Waals surface area contributed by atoms with Gasteiger partial charge in [-0.1, -0.05) is 25.0 Å². The summed E-state index contributed by atoms with van der Waals surface area (Å²) in [4.78, 5) is 21.7. The molecule has 1 aromatic carbocycles. The van der Waals surface area contributed by atoms with Crippen molar-refractivity contribution in [1.82, 2.24) is 15.6 Å². The van der Waals surface area contributed by atoms with Gasteiger partial charge in [-0.05, 0) is 36.2 Å². The third kappa shape index (κ3) is 3.83. The minimum Gasteiger partial charge on any atom is -0.440 e. The van der Waals surface area contributed by atoms with Gasteiger partial charge in [0.2, 0.25) is 0 Å². The molecule has 1 amide bonds. The molecule has 4 rings (SSSR count). The van der Waals surface area contributed by atoms with Crippen LogP contribution >= 0.6 is 11.2 Å². The number of hydrogen-bond donors (Lipinski definition) is 4. The molecular weight excluding hydrogens is 376 g/mol. The summed E-state index contributed by atoms with van der Waals surface area (Å²) in [6, 6.07) is 11.2. The molecule has 148 valence electrons. The molecule has 1 saturated carbocycles. The number of fused-ring (bicyclic) bond motifs is 1. The fourth-order valence-electron chi connectivity index (χ4n) is 3.46. The number of aliphatic hydroxyl groups excluding tert-OH is 1. The van der Waals surface area contributed by atoms with E-state index in [9.17, 15) is 9.90 Å². The Labute approximate surface area is 166 Å². The molecule has 1 aliphatic heterocycles. The Morgan fingerprint density at radius 3 is 2.89 bits per heavy atom. The molecule has 3 N–H and O–H groups in total. The molecular formula is C20H24N4O3S. The number of aliphatic hydroxyl groups is 1. The van der Waals surface area contributed by atoms with Gasteiger partial charge in [0, 0.05) is 25.4 Å². The lowest BCUT2D eigenvalue weighted by atomic mass is 9.93. The van der Waals surface area contributed by atoms with Gasteiger partial charge >= 0.3 is 0 Å². The lowest BCUT2D eigenvalue weighted by molar-refractivity contribution is 0.0957. The van der Waals surface area contributed by atoms with Gasteiger partial charge in [-0.3, -0.25) is 9.78 Å². The standard InChI is InChI=1S/C20H24N4O3S/c1-21-19(26)16-12-13(10-11-22-16)27-28-18-9-5-3-7-15(18)24-20(28)23-14-6-2-4-8-17(14)25/h3,5,7,9-12,14,17,25,28H,2,4,6,8H2,1H3,(H,21,26)(H,23,24)/t14-,17-/m1/s1. The van der Waals surface area contributed by atoms with Crippen LogP contribution in [-0.4, -0.2) is 40.4 Å². The summed E-state index contributed by atoms with van der Waals surface area (Å²) in [6.07, 6.45) is 5.04. The second-order valence-corrected chi connectivity index (χ2v) is 8.55. The molecule has 0 radical (unpaired) electrons. The number of nitrogens with one attached hydrogen (secondary N) is 2. The smallest absolute Gasteiger partial charge is 0.269 e. The highest BCUT2D eigenvalue weighted by atomic mass is 32.2. The van der Waals surface area contributed by atoms with Gasteiger partial charge in [0.15, 0.2) is 5.17 Å². The molecule has 2 heterocycles. The first-order chi connectivity index (χ1) is 13.7. The number of nitrogens with zero attached hydrogens (tertiary/aromatic N) is 2. The predicted molar refractivity (Wildman–Crippen MR) is 110 cm³/mol. The molecule has 2 aliphatic rings. The van der Waals surface area contributed by atoms with E-state index in [2.05, 4.69) is 15.6 Å². The van der Waals surface area contributed by atoms with Crippen molar-refractivity contribution < 1.29 is 14.1 Å². The van der Waals surface area contributed by atoms with E-state index in [0.29, 0.717) is 11.4 Å². The van der Waals surface area contributed by atoms with E-state index in [1.54, 1.807) is 25.4 Å². The second-order valence-electron chi connectivity index (χ2n) is 6.87. The van der Waals surface area contributed by atoms with E-state index in [4.69, 9.17) is 9.18 Å². The molecule has 0 bridgehead atoms. The molecule has 3 atom stereocenters. The molecule has 1 unspecified atom stereocenters. The van der Waals surface area contributed by atoms with Crippen LogP contribution in [0.3, 0.4) is 0 Å². The number of amides is 1. The van der Waals surface area contributed by atoms with Crippen LogP contribution in [0, 0.1) is 0 Å². The van der Waals surface area contributed by atoms with Crippen molar-refractivity contribution in [2.45, 2.75) is 42.7 Å². The second kappa shape index (κ2) is 8.20. The zero-order chi connectivity index (χ0) is 19.5. The summed E-state index contributed by atoms with van der Waals surface area (Å²) in [5.41, 5.74) is 1.18. The number of rotatable bonds is 4. The summed E-state index contributed by atoms with van der Waals surface area (Å²) in [5, 5.41) is 17.1. The Kier molecular flexibility index (Phi) is 5.50. The molecule has 0 spiro atoms. The maximum atomic E-state index is 11.9. The Bertz CT molecular complexity index is 905. The van der Waals surface area contributed by atoms with Crippen LogP contribution < -0.4 is 14.8 Å². The van der Waals surface area contributed by atoms with Crippen LogP contribution in [0.25, 0.3) is 0 Å². The Morgan fingerprint density at radius 1 is 1.25 bits per heavy atom. The van der Waals surface area contributed by atoms with Crippen molar-refractivity contribution in [3.8, 4) is 5.75 Å². The SMILES string of the molecule is CNC(=O)c1cc(O[SH]2C(N[C@@H]3CCCC[C@H]3O)=Nc3ccccc32)ccn1. The van der Waals surface area contributed by atoms with Gasteiger partial charge in [0.25, 0.3) is 5.91 Å². The number of amidine groups is 1. The number of hydrogen-bond acceptors (Lipinski definition) is 6. The highest BCUT2D eigenvalue weighted by Crippen LogP contribution is 2.49. The maximum Gasteiger partial charge on any atom is 0.269 e. The lowest BCUT2D eigenvalue weighted by Gasteiger charge is -2.31. The summed E-state index contributed by atoms with van der Waals surface area (Å²) < 4.78 is 6.30. The van der Waals surface area contributed by atoms with E-state index >= 15 is 0 Å². The van der Waals surface area contributed by atoms with E-state index in [-0.39, 0.29) is 18.1 Å². The first-order valence-corrected chi connectivity index (χ1v) is 10.7. The van der Waals surface area contributed by atoms with E-state index < -0.39 is 11.2 Å². The van der Waals surface area contributed by atoms with Gasteiger partial charge in [-0.25, -0.2) is 4.99 Å². The molecule has 0 saturated heterocycles. The number of aliphatic imine (C=N–C) groups is 1. The van der Waals surface area contributed by atoms with E-state index in [0.717, 1.165) is 41.4 Å². The van der Waals surface area contributed by atoms with Gasteiger partial charge < -0.3 is 19.9 Å². The number of benzene rings is 1. The highest BCUT2D eigenvalue weighted by Gasteiger charge is 2.31. The maximum absolute atomic E-state index is 11.9. The first kappa shape index (κ1) is 18.8. The summed E-state index contributed by atoms with van der Waals surface area (Å²) >= 11 is -1.21. The topological polar surface area (TPSA) is 95.8 Å². The van der Waals surface area contributed by atoms with Crippen LogP contribution in [0.15, 0.2) is 52.5 Å². The van der Waals surface area contributed by atoms with Gasteiger partial charge in [-0.2, -0.15) is 0 Å². The lowest BCUT2D eigenvalue weighted by Crippen LogP contribution is -2.44. The van der Waals surface area contributed by atoms with Crippen LogP contribution in [0.4, 0.5) is 5.69 Å². The minimum atomic E-state index is -1.21. The zero-order valence-electron chi connectivity index (χ0n) is 15.6. The summed E-state index contributed by atoms with van der Waals surface area (Å²) in [5.74, 6) is 0.303. The highest BCUT2D eigenvalue weighted by molar-refractivity contribution is 8.26. The molecule has 2 aromatic rings. The average Bonchev–Trinajstić information content (AvgIpc) is 3.06. The van der Waals surface area contributed by atoms with Crippen LogP contribution in [0.5, 0.6) is 5.75 Å². The normalized spacial score (nSPS) is 24.8. The van der Waals surface area contributed by atoms with Crippen molar-refractivity contribution in [3.63, 3.8) is 0 Å². The Balaban J connectivity index is 1.59. The number of carbonyl (C=O) groups excluding carboxylic acids is 1. The van der Waals surface area contributed by atoms with Crippen molar-refractivity contribution in [3.05, 3.63) is 48.3 Å². The Morgan fingerprint density at radius 2 is 2.07 bits per heavy atom. The van der Waals surface area contributed by atoms with Gasteiger partial charge in [0.05, 0.1) is 22.7 Å². The van der Waals surface area contributed by atoms with Gasteiger partial charge in [0.1, 0.15) is 11.4 Å². The van der Waals surface area contributed by atoms with Crippen molar-refractivity contribution >= 4 is 27.9 Å². The average molecular weight is 401 g/mol. The van der Waals surface area contributed by atoms with E-state index in [1.807, 2.05) is 24.3 Å². The third-order valence-electron chi connectivity index (χ3n) is 4.95. The predicted octanol–water partition coefficient (Wildman–Crippen LogP) is 2.69. The third-order valence-corrected chi connectivity index (χ3v) is 6.77. The first-order valence-electron chi connectivity index (χ1n) is 9.44. The Hall–Kier alpha value is -2.58. The summed E-state index contributed by atoms with van der Waals surface area (Å²) in [7, 11) is 1.57. The fraction of sp³-hybridized carbons (Fsp3) is 0.350. The van der Waals surface area contributed by atoms with E-state index in [1.165, 1.54) is 0 Å². The number of thiol groups is 1. The van der Waals surface area contributed by atoms with Crippen LogP contribution in [-0.2, 0) is 0 Å². The number of pyridine rings is 1. The number of carbonyl (C=O) groups is 1. The van der Waals surface area contributed by atoms with Crippen molar-refractivity contribution in [1.29, 1.82) is 0 Å². The minimum absolute atomic E-state index is 0.0192. The molecule has 1 aromatic heterocycles. The number of para-hydroxylation sites is 1. The molecule has 1 fully saturated rings. The van der Waals surface area contributed by atoms with Crippen molar-refractivity contribution in [2.75, 3.05) is 7.05 Å². The fourth-order valence-corrected chi connectivity index (χ4v) is 5.23. The molecule has 8 heteroatoms. The zero-order valence-corrected chi connectivity index (χ0v) is 16.5. The van der Waals surface area contributed by atoms with Crippen LogP contribution in [0.1, 0.15) is 36.2 Å². The molecule has 7 nitrogen and oxygen atoms in total. The summed E-state index contributed by atoms with van der Waals surface area (Å²) in [6.45, 7) is 0. The monoisotopic (exact) mass is 400 g/mol. The van der Waals surface area contributed by atoms with Crippen LogP contribution in [0.2, 0.25) is 0 Å². The number of aromatic nitrogens is 1. The largest absolute Gasteiger partial charge is 0.440 e. The van der Waals surface area contributed by atoms with Gasteiger partial charge in [-0.15, -0.1) is 0 Å². The van der Waals surface area contributed by atoms with Crippen molar-refractivity contribution in [2.24, 2.45) is 4.99 Å². The quantitative estimate of drug-likeness (QED) is 0.592. The molecule has 28 heavy (non-hydrogen) atoms. The molecule has 1 aliphatic carbocycles.